The van der Waals surface area contributed by atoms with E-state index < -0.39 is 0 Å². The van der Waals surface area contributed by atoms with Crippen LogP contribution in [0.3, 0.4) is 0 Å². The van der Waals surface area contributed by atoms with Gasteiger partial charge in [0.15, 0.2) is 0 Å². The SMILES string of the molecule is C=Cc1c[c-]c2c(c1)-c1cc(C=C)ccc1C2.Cc1c[cH-]c(C)c1.Cc1ccc([C](=[Zr+2])c2ccc(C)cc2)cc1.[Cl-].[Cl-]. The summed E-state index contributed by atoms with van der Waals surface area (Å²) in [5.74, 6) is 0. The predicted octanol–water partition coefficient (Wildman–Crippen LogP) is 3.79. The molecule has 0 spiro atoms. The molecule has 0 saturated carbocycles. The maximum absolute atomic E-state index is 3.82. The molecule has 6 rings (SSSR count). The van der Waals surface area contributed by atoms with Crippen LogP contribution in [0.25, 0.3) is 23.3 Å². The van der Waals surface area contributed by atoms with Crippen LogP contribution in [0.15, 0.2) is 110 Å². The average Bonchev–Trinajstić information content (AvgIpc) is 3.54. The maximum Gasteiger partial charge on any atom is -1.00 e. The van der Waals surface area contributed by atoms with Gasteiger partial charge in [0.25, 0.3) is 0 Å². The molecule has 1 aliphatic carbocycles. The van der Waals surface area contributed by atoms with Crippen molar-refractivity contribution in [2.45, 2.75) is 34.1 Å². The summed E-state index contributed by atoms with van der Waals surface area (Å²) in [4.78, 5) is 0. The molecule has 0 saturated heterocycles. The van der Waals surface area contributed by atoms with Crippen molar-refractivity contribution in [3.8, 4) is 11.1 Å². The molecule has 0 radical (unpaired) electrons. The third-order valence-corrected chi connectivity index (χ3v) is 8.48. The number of hydrogen-bond donors (Lipinski definition) is 0. The molecule has 0 bridgehead atoms. The quantitative estimate of drug-likeness (QED) is 0.252. The molecule has 42 heavy (non-hydrogen) atoms. The van der Waals surface area contributed by atoms with Crippen LogP contribution < -0.4 is 24.8 Å². The van der Waals surface area contributed by atoms with E-state index in [1.807, 2.05) is 18.2 Å². The van der Waals surface area contributed by atoms with Crippen LogP contribution in [0.2, 0.25) is 0 Å². The zero-order chi connectivity index (χ0) is 28.6. The van der Waals surface area contributed by atoms with Crippen LogP contribution in [-0.2, 0) is 30.7 Å². The van der Waals surface area contributed by atoms with Gasteiger partial charge in [-0.2, -0.15) is 41.5 Å². The van der Waals surface area contributed by atoms with Crippen molar-refractivity contribution in [1.82, 2.24) is 0 Å². The van der Waals surface area contributed by atoms with E-state index >= 15 is 0 Å². The topological polar surface area (TPSA) is 0 Å². The van der Waals surface area contributed by atoms with Crippen LogP contribution in [0.4, 0.5) is 0 Å². The summed E-state index contributed by atoms with van der Waals surface area (Å²) in [6.45, 7) is 16.1. The number of hydrogen-bond acceptors (Lipinski definition) is 0. The smallest absolute Gasteiger partial charge is 1.00 e. The van der Waals surface area contributed by atoms with E-state index in [1.54, 1.807) is 0 Å². The van der Waals surface area contributed by atoms with Gasteiger partial charge in [0, 0.05) is 0 Å². The van der Waals surface area contributed by atoms with Crippen LogP contribution in [-0.4, -0.2) is 3.21 Å². The molecule has 212 valence electrons. The molecule has 0 fully saturated rings. The van der Waals surface area contributed by atoms with Gasteiger partial charge in [-0.05, 0) is 12.0 Å². The Morgan fingerprint density at radius 1 is 0.714 bits per heavy atom. The Balaban J connectivity index is 0.000000231. The molecule has 3 heteroatoms. The summed E-state index contributed by atoms with van der Waals surface area (Å²) in [7, 11) is 0. The van der Waals surface area contributed by atoms with E-state index in [4.69, 9.17) is 0 Å². The van der Waals surface area contributed by atoms with Crippen molar-refractivity contribution in [2.75, 3.05) is 0 Å². The van der Waals surface area contributed by atoms with Crippen molar-refractivity contribution in [2.24, 2.45) is 0 Å². The Labute approximate surface area is 279 Å². The molecule has 0 atom stereocenters. The Hall–Kier alpha value is -2.96. The van der Waals surface area contributed by atoms with Crippen LogP contribution in [0, 0.1) is 33.8 Å². The second kappa shape index (κ2) is 16.6. The van der Waals surface area contributed by atoms with Crippen molar-refractivity contribution < 1.29 is 49.0 Å². The van der Waals surface area contributed by atoms with Crippen molar-refractivity contribution >= 4 is 15.4 Å². The van der Waals surface area contributed by atoms with E-state index in [-0.39, 0.29) is 24.8 Å². The summed E-state index contributed by atoms with van der Waals surface area (Å²) in [6, 6.07) is 38.0. The minimum atomic E-state index is 0. The number of aryl methyl sites for hydroxylation is 4. The standard InChI is InChI=1S/C17H13.C15H14.C7H9.2ClH.Zr/c1-3-12-5-7-14-11-15-8-6-13(4-2)10-17(15)16(14)9-12;1-12-3-7-14(8-4-12)11-15-9-5-13(2)6-10-15;1-6-3-4-7(2)5-6;;;/h3-7,9-10H,1-2,11H2;3-10H,1-2H3;3-5H,1-2H3;2*1H;/q-1;;-1;;;+2/p-2. The second-order valence-electron chi connectivity index (χ2n) is 10.4. The molecule has 0 unspecified atom stereocenters. The monoisotopic (exact) mass is 664 g/mol. The third-order valence-electron chi connectivity index (χ3n) is 7.06. The molecule has 5 aromatic rings. The van der Waals surface area contributed by atoms with Gasteiger partial charge in [-0.15, -0.1) is 23.8 Å². The second-order valence-corrected chi connectivity index (χ2v) is 11.6. The van der Waals surface area contributed by atoms with Gasteiger partial charge in [-0.25, -0.2) is 11.6 Å². The number of rotatable bonds is 4. The van der Waals surface area contributed by atoms with Crippen molar-refractivity contribution in [3.63, 3.8) is 0 Å². The Kier molecular flexibility index (Phi) is 13.9. The minimum Gasteiger partial charge on any atom is -1.00 e. The third kappa shape index (κ3) is 9.27. The first-order valence-electron chi connectivity index (χ1n) is 13.6. The average molecular weight is 667 g/mol. The number of benzene rings is 4. The fourth-order valence-electron chi connectivity index (χ4n) is 4.69. The van der Waals surface area contributed by atoms with Crippen molar-refractivity contribution in [3.05, 3.63) is 172 Å². The predicted molar refractivity (Wildman–Crippen MR) is 171 cm³/mol. The zero-order valence-electron chi connectivity index (χ0n) is 24.8. The molecular formula is C39H36Cl2Zr-2. The van der Waals surface area contributed by atoms with Crippen LogP contribution >= 0.6 is 0 Å². The Bertz CT molecular complexity index is 1520. The van der Waals surface area contributed by atoms with E-state index in [0.717, 1.165) is 12.0 Å². The van der Waals surface area contributed by atoms with Crippen molar-refractivity contribution in [1.29, 1.82) is 0 Å². The Morgan fingerprint density at radius 2 is 1.26 bits per heavy atom. The molecule has 5 aromatic carbocycles. The van der Waals surface area contributed by atoms with Gasteiger partial charge in [0.1, 0.15) is 0 Å². The number of halogens is 2. The molecule has 0 amide bonds. The van der Waals surface area contributed by atoms with E-state index in [2.05, 4.69) is 138 Å². The fraction of sp³-hybridized carbons (Fsp3) is 0.128. The maximum atomic E-state index is 3.82. The normalized spacial score (nSPS) is 10.2. The summed E-state index contributed by atoms with van der Waals surface area (Å²) >= 11 is 1.46. The van der Waals surface area contributed by atoms with Gasteiger partial charge in [0.05, 0.1) is 0 Å². The molecular weight excluding hydrogens is 631 g/mol. The van der Waals surface area contributed by atoms with E-state index in [1.165, 1.54) is 88.6 Å². The first-order valence-corrected chi connectivity index (χ1v) is 14.9. The number of fused-ring (bicyclic) bond motifs is 3. The van der Waals surface area contributed by atoms with Gasteiger partial charge < -0.3 is 24.8 Å². The van der Waals surface area contributed by atoms with Gasteiger partial charge in [-0.1, -0.05) is 55.8 Å². The summed E-state index contributed by atoms with van der Waals surface area (Å²) < 4.78 is 1.42. The largest absolute Gasteiger partial charge is 1.00 e. The molecule has 0 N–H and O–H groups in total. The van der Waals surface area contributed by atoms with E-state index in [9.17, 15) is 0 Å². The minimum absolute atomic E-state index is 0. The van der Waals surface area contributed by atoms with Gasteiger partial charge in [0.2, 0.25) is 0 Å². The molecule has 0 aliphatic heterocycles. The molecule has 0 aromatic heterocycles. The summed E-state index contributed by atoms with van der Waals surface area (Å²) in [6.07, 6.45) is 4.74. The van der Waals surface area contributed by atoms with Gasteiger partial charge in [-0.3, -0.25) is 0 Å². The molecule has 0 heterocycles. The summed E-state index contributed by atoms with van der Waals surface area (Å²) in [5.41, 5.74) is 15.6. The van der Waals surface area contributed by atoms with E-state index in [0.29, 0.717) is 0 Å². The van der Waals surface area contributed by atoms with Gasteiger partial charge >= 0.3 is 112 Å². The van der Waals surface area contributed by atoms with Crippen LogP contribution in [0.5, 0.6) is 0 Å². The molecule has 1 aliphatic rings. The molecule has 0 nitrogen and oxygen atoms in total. The zero-order valence-corrected chi connectivity index (χ0v) is 28.7. The summed E-state index contributed by atoms with van der Waals surface area (Å²) in [5, 5.41) is 0. The fourth-order valence-corrected chi connectivity index (χ4v) is 5.51. The first-order chi connectivity index (χ1) is 19.3. The van der Waals surface area contributed by atoms with Crippen LogP contribution in [0.1, 0.15) is 55.6 Å². The Morgan fingerprint density at radius 3 is 1.71 bits per heavy atom. The first kappa shape index (κ1) is 35.2.